The minimum Gasteiger partial charge on any atom is -0.326 e. The molecule has 0 saturated heterocycles. The highest BCUT2D eigenvalue weighted by molar-refractivity contribution is 7.89. The molecule has 1 aromatic carbocycles. The van der Waals surface area contributed by atoms with Gasteiger partial charge in [0, 0.05) is 18.1 Å². The summed E-state index contributed by atoms with van der Waals surface area (Å²) in [5.74, 6) is 0.173. The molecule has 7 heteroatoms. The number of hydrogen-bond acceptors (Lipinski definition) is 3. The Morgan fingerprint density at radius 2 is 1.81 bits per heavy atom. The standard InChI is InChI=1S/C14H22Cl2N2O2S/c1-9(14(2,3)4)8-18-21(19,20)13-5-10(7-17)11(15)6-12(13)16/h5-6,9,18H,7-8,17H2,1-4H3. The van der Waals surface area contributed by atoms with Crippen LogP contribution in [0.3, 0.4) is 0 Å². The smallest absolute Gasteiger partial charge is 0.242 e. The second-order valence-corrected chi connectivity index (χ2v) is 8.75. The number of benzene rings is 1. The van der Waals surface area contributed by atoms with E-state index in [0.29, 0.717) is 17.1 Å². The highest BCUT2D eigenvalue weighted by Gasteiger charge is 2.24. The molecule has 1 unspecified atom stereocenters. The molecular weight excluding hydrogens is 331 g/mol. The number of rotatable bonds is 5. The predicted molar refractivity (Wildman–Crippen MR) is 88.2 cm³/mol. The van der Waals surface area contributed by atoms with E-state index < -0.39 is 10.0 Å². The third-order valence-corrected chi connectivity index (χ3v) is 5.91. The maximum absolute atomic E-state index is 12.4. The van der Waals surface area contributed by atoms with Crippen LogP contribution in [0.1, 0.15) is 33.3 Å². The van der Waals surface area contributed by atoms with Crippen molar-refractivity contribution in [2.24, 2.45) is 17.1 Å². The maximum Gasteiger partial charge on any atom is 0.242 e. The first-order valence-corrected chi connectivity index (χ1v) is 8.90. The Balaban J connectivity index is 3.04. The van der Waals surface area contributed by atoms with Gasteiger partial charge in [0.25, 0.3) is 0 Å². The van der Waals surface area contributed by atoms with Crippen molar-refractivity contribution in [3.8, 4) is 0 Å². The molecule has 0 radical (unpaired) electrons. The molecule has 0 saturated carbocycles. The summed E-state index contributed by atoms with van der Waals surface area (Å²) >= 11 is 12.0. The second-order valence-electron chi connectivity index (χ2n) is 6.20. The SMILES string of the molecule is CC(CNS(=O)(=O)c1cc(CN)c(Cl)cc1Cl)C(C)(C)C. The summed E-state index contributed by atoms with van der Waals surface area (Å²) in [6, 6.07) is 2.84. The number of nitrogens with one attached hydrogen (secondary N) is 1. The summed E-state index contributed by atoms with van der Waals surface area (Å²) in [6.45, 7) is 8.67. The van der Waals surface area contributed by atoms with E-state index >= 15 is 0 Å². The summed E-state index contributed by atoms with van der Waals surface area (Å²) < 4.78 is 27.4. The van der Waals surface area contributed by atoms with Gasteiger partial charge in [0.2, 0.25) is 10.0 Å². The molecule has 0 aliphatic heterocycles. The lowest BCUT2D eigenvalue weighted by Crippen LogP contribution is -2.33. The average Bonchev–Trinajstić information content (AvgIpc) is 2.34. The lowest BCUT2D eigenvalue weighted by atomic mass is 9.82. The van der Waals surface area contributed by atoms with Gasteiger partial charge in [-0.05, 0) is 29.0 Å². The third kappa shape index (κ3) is 4.83. The first-order chi connectivity index (χ1) is 9.49. The fraction of sp³-hybridized carbons (Fsp3) is 0.571. The zero-order chi connectivity index (χ0) is 16.4. The largest absolute Gasteiger partial charge is 0.326 e. The van der Waals surface area contributed by atoms with E-state index in [1.165, 1.54) is 12.1 Å². The molecule has 0 aliphatic rings. The Morgan fingerprint density at radius 1 is 1.24 bits per heavy atom. The van der Waals surface area contributed by atoms with Gasteiger partial charge in [0.1, 0.15) is 4.90 Å². The molecule has 21 heavy (non-hydrogen) atoms. The zero-order valence-corrected chi connectivity index (χ0v) is 15.0. The van der Waals surface area contributed by atoms with Gasteiger partial charge in [0.05, 0.1) is 5.02 Å². The van der Waals surface area contributed by atoms with Crippen LogP contribution in [-0.4, -0.2) is 15.0 Å². The van der Waals surface area contributed by atoms with Crippen LogP contribution >= 0.6 is 23.2 Å². The van der Waals surface area contributed by atoms with Crippen molar-refractivity contribution in [2.75, 3.05) is 6.54 Å². The number of nitrogens with two attached hydrogens (primary N) is 1. The number of sulfonamides is 1. The Bertz CT molecular complexity index is 610. The fourth-order valence-corrected chi connectivity index (χ4v) is 3.56. The minimum atomic E-state index is -3.69. The summed E-state index contributed by atoms with van der Waals surface area (Å²) in [4.78, 5) is 0.00938. The fourth-order valence-electron chi connectivity index (χ4n) is 1.55. The van der Waals surface area contributed by atoms with Crippen LogP contribution in [0.15, 0.2) is 17.0 Å². The van der Waals surface area contributed by atoms with Gasteiger partial charge in [-0.3, -0.25) is 0 Å². The van der Waals surface area contributed by atoms with Gasteiger partial charge < -0.3 is 5.73 Å². The maximum atomic E-state index is 12.4. The molecule has 120 valence electrons. The molecule has 0 spiro atoms. The molecule has 0 bridgehead atoms. The summed E-state index contributed by atoms with van der Waals surface area (Å²) in [6.07, 6.45) is 0. The van der Waals surface area contributed by atoms with E-state index in [-0.39, 0.29) is 27.8 Å². The molecule has 4 nitrogen and oxygen atoms in total. The molecule has 0 heterocycles. The Hall–Kier alpha value is -0.330. The van der Waals surface area contributed by atoms with Gasteiger partial charge in [-0.2, -0.15) is 0 Å². The normalized spacial score (nSPS) is 14.2. The average molecular weight is 353 g/mol. The lowest BCUT2D eigenvalue weighted by Gasteiger charge is -2.27. The van der Waals surface area contributed by atoms with E-state index in [0.717, 1.165) is 0 Å². The van der Waals surface area contributed by atoms with Gasteiger partial charge >= 0.3 is 0 Å². The van der Waals surface area contributed by atoms with E-state index in [1.807, 2.05) is 6.92 Å². The van der Waals surface area contributed by atoms with Crippen LogP contribution in [-0.2, 0) is 16.6 Å². The van der Waals surface area contributed by atoms with Crippen LogP contribution in [0.25, 0.3) is 0 Å². The third-order valence-electron chi connectivity index (χ3n) is 3.67. The first-order valence-electron chi connectivity index (χ1n) is 6.66. The molecule has 1 atom stereocenters. The van der Waals surface area contributed by atoms with E-state index in [2.05, 4.69) is 25.5 Å². The molecule has 0 aliphatic carbocycles. The molecular formula is C14H22Cl2N2O2S. The van der Waals surface area contributed by atoms with Crippen molar-refractivity contribution in [2.45, 2.75) is 39.1 Å². The number of halogens is 2. The monoisotopic (exact) mass is 352 g/mol. The van der Waals surface area contributed by atoms with Gasteiger partial charge in [-0.1, -0.05) is 50.9 Å². The second kappa shape index (κ2) is 6.84. The van der Waals surface area contributed by atoms with E-state index in [4.69, 9.17) is 28.9 Å². The van der Waals surface area contributed by atoms with Gasteiger partial charge in [0.15, 0.2) is 0 Å². The van der Waals surface area contributed by atoms with E-state index in [9.17, 15) is 8.42 Å². The zero-order valence-electron chi connectivity index (χ0n) is 12.7. The Morgan fingerprint density at radius 3 is 2.29 bits per heavy atom. The number of hydrogen-bond donors (Lipinski definition) is 2. The topological polar surface area (TPSA) is 72.2 Å². The molecule has 1 aromatic rings. The van der Waals surface area contributed by atoms with Crippen LogP contribution in [0, 0.1) is 11.3 Å². The van der Waals surface area contributed by atoms with Crippen molar-refractivity contribution in [3.63, 3.8) is 0 Å². The van der Waals surface area contributed by atoms with Crippen molar-refractivity contribution < 1.29 is 8.42 Å². The van der Waals surface area contributed by atoms with Gasteiger partial charge in [-0.25, -0.2) is 13.1 Å². The van der Waals surface area contributed by atoms with Crippen molar-refractivity contribution >= 4 is 33.2 Å². The first kappa shape index (κ1) is 18.7. The van der Waals surface area contributed by atoms with Crippen LogP contribution in [0.2, 0.25) is 10.0 Å². The molecule has 3 N–H and O–H groups in total. The highest BCUT2D eigenvalue weighted by atomic mass is 35.5. The highest BCUT2D eigenvalue weighted by Crippen LogP contribution is 2.29. The molecule has 0 aromatic heterocycles. The van der Waals surface area contributed by atoms with Crippen LogP contribution in [0.5, 0.6) is 0 Å². The summed E-state index contributed by atoms with van der Waals surface area (Å²) in [5.41, 5.74) is 6.10. The summed E-state index contributed by atoms with van der Waals surface area (Å²) in [5, 5.41) is 0.456. The molecule has 0 amide bonds. The lowest BCUT2D eigenvalue weighted by molar-refractivity contribution is 0.263. The Labute approximate surface area is 137 Å². The van der Waals surface area contributed by atoms with E-state index in [1.54, 1.807) is 0 Å². The quantitative estimate of drug-likeness (QED) is 0.852. The van der Waals surface area contributed by atoms with Crippen molar-refractivity contribution in [1.82, 2.24) is 4.72 Å². The summed E-state index contributed by atoms with van der Waals surface area (Å²) in [7, 11) is -3.69. The minimum absolute atomic E-state index is 0.00866. The molecule has 0 fully saturated rings. The van der Waals surface area contributed by atoms with Gasteiger partial charge in [-0.15, -0.1) is 0 Å². The molecule has 1 rings (SSSR count). The van der Waals surface area contributed by atoms with Crippen molar-refractivity contribution in [1.29, 1.82) is 0 Å². The van der Waals surface area contributed by atoms with Crippen LogP contribution < -0.4 is 10.5 Å². The van der Waals surface area contributed by atoms with Crippen molar-refractivity contribution in [3.05, 3.63) is 27.7 Å². The Kier molecular flexibility index (Phi) is 6.09. The predicted octanol–water partition coefficient (Wildman–Crippen LogP) is 3.41. The van der Waals surface area contributed by atoms with Crippen LogP contribution in [0.4, 0.5) is 0 Å².